The minimum Gasteiger partial charge on any atom is -0.458 e. The number of ether oxygens (including phenoxy) is 1. The van der Waals surface area contributed by atoms with Gasteiger partial charge in [0.05, 0.1) is 29.0 Å². The molecule has 2 aromatic heterocycles. The molecule has 0 radical (unpaired) electrons. The van der Waals surface area contributed by atoms with Crippen LogP contribution in [-0.4, -0.2) is 20.6 Å². The second kappa shape index (κ2) is 5.17. The maximum atomic E-state index is 13.0. The first-order valence-corrected chi connectivity index (χ1v) is 8.78. The molecule has 0 saturated carbocycles. The highest BCUT2D eigenvalue weighted by Gasteiger charge is 2.45. The molecule has 136 valence electrons. The van der Waals surface area contributed by atoms with Gasteiger partial charge in [-0.3, -0.25) is 4.79 Å². The van der Waals surface area contributed by atoms with Crippen molar-refractivity contribution in [2.75, 3.05) is 5.73 Å². The average Bonchev–Trinajstić information content (AvgIpc) is 3.01. The van der Waals surface area contributed by atoms with Crippen molar-refractivity contribution in [1.29, 1.82) is 0 Å². The molecule has 0 aliphatic carbocycles. The minimum atomic E-state index is -1.81. The quantitative estimate of drug-likeness (QED) is 0.393. The molecule has 0 fully saturated rings. The highest BCUT2D eigenvalue weighted by Crippen LogP contribution is 2.38. The van der Waals surface area contributed by atoms with Gasteiger partial charge in [-0.25, -0.2) is 9.78 Å². The molecule has 27 heavy (non-hydrogen) atoms. The topological polar surface area (TPSA) is 107 Å². The number of carbonyl (C=O) groups is 1. The molecule has 0 bridgehead atoms. The summed E-state index contributed by atoms with van der Waals surface area (Å²) in [5.41, 5.74) is 7.97. The van der Waals surface area contributed by atoms with E-state index in [4.69, 9.17) is 15.5 Å². The van der Waals surface area contributed by atoms with E-state index in [1.807, 2.05) is 18.2 Å². The molecule has 0 spiro atoms. The van der Waals surface area contributed by atoms with Gasteiger partial charge in [-0.05, 0) is 30.7 Å². The van der Waals surface area contributed by atoms with Gasteiger partial charge in [0.25, 0.3) is 5.56 Å². The lowest BCUT2D eigenvalue weighted by Crippen LogP contribution is -2.44. The van der Waals surface area contributed by atoms with E-state index in [2.05, 4.69) is 0 Å². The van der Waals surface area contributed by atoms with Crippen LogP contribution < -0.4 is 11.3 Å². The van der Waals surface area contributed by atoms with Crippen molar-refractivity contribution in [3.8, 4) is 11.4 Å². The molecule has 7 heteroatoms. The number of aliphatic hydroxyl groups is 1. The van der Waals surface area contributed by atoms with Gasteiger partial charge in [-0.1, -0.05) is 13.0 Å². The Bertz CT molecular complexity index is 1210. The Hall–Kier alpha value is -3.19. The lowest BCUT2D eigenvalue weighted by Gasteiger charge is -2.31. The van der Waals surface area contributed by atoms with E-state index in [-0.39, 0.29) is 18.6 Å². The zero-order valence-electron chi connectivity index (χ0n) is 14.7. The number of nitrogens with two attached hydrogens (primary N) is 1. The Morgan fingerprint density at radius 1 is 1.30 bits per heavy atom. The van der Waals surface area contributed by atoms with Gasteiger partial charge in [0, 0.05) is 22.2 Å². The smallest absolute Gasteiger partial charge is 0.343 e. The first kappa shape index (κ1) is 16.0. The third kappa shape index (κ3) is 2.03. The summed E-state index contributed by atoms with van der Waals surface area (Å²) in [5, 5.41) is 11.8. The number of aromatic nitrogens is 2. The third-order valence-corrected chi connectivity index (χ3v) is 5.53. The van der Waals surface area contributed by atoms with Crippen LogP contribution in [0.25, 0.3) is 22.3 Å². The van der Waals surface area contributed by atoms with E-state index < -0.39 is 11.6 Å². The summed E-state index contributed by atoms with van der Waals surface area (Å²) in [6.07, 6.45) is 0.121. The molecule has 2 aliphatic rings. The van der Waals surface area contributed by atoms with Crippen molar-refractivity contribution >= 4 is 22.6 Å². The van der Waals surface area contributed by atoms with Crippen LogP contribution in [0.5, 0.6) is 0 Å². The maximum absolute atomic E-state index is 13.0. The zero-order valence-corrected chi connectivity index (χ0v) is 14.7. The van der Waals surface area contributed by atoms with Crippen molar-refractivity contribution in [3.05, 3.63) is 57.4 Å². The first-order chi connectivity index (χ1) is 12.9. The lowest BCUT2D eigenvalue weighted by atomic mass is 9.86. The predicted molar refractivity (Wildman–Crippen MR) is 98.9 cm³/mol. The molecule has 3 aromatic rings. The summed E-state index contributed by atoms with van der Waals surface area (Å²) in [6.45, 7) is 1.95. The Morgan fingerprint density at radius 2 is 2.11 bits per heavy atom. The van der Waals surface area contributed by atoms with E-state index in [0.717, 1.165) is 16.5 Å². The minimum absolute atomic E-state index is 0.121. The standard InChI is InChI=1S/C20H17N3O4/c1-2-20(26)14-7-16-17-11(5-10-3-4-12(21)6-15(10)22-17)8-23(16)18(24)13(14)9-27-19(20)25/h3-7,26H,2,8-9,21H2,1H3. The number of hydrogen-bond donors (Lipinski definition) is 2. The second-order valence-corrected chi connectivity index (χ2v) is 7.05. The van der Waals surface area contributed by atoms with Crippen molar-refractivity contribution in [2.24, 2.45) is 0 Å². The van der Waals surface area contributed by atoms with Crippen LogP contribution >= 0.6 is 0 Å². The van der Waals surface area contributed by atoms with Crippen LogP contribution in [0.2, 0.25) is 0 Å². The van der Waals surface area contributed by atoms with Crippen molar-refractivity contribution < 1.29 is 14.6 Å². The molecule has 4 heterocycles. The van der Waals surface area contributed by atoms with E-state index in [9.17, 15) is 14.7 Å². The molecule has 0 saturated heterocycles. The second-order valence-electron chi connectivity index (χ2n) is 7.05. The molecule has 0 amide bonds. The monoisotopic (exact) mass is 363 g/mol. The van der Waals surface area contributed by atoms with Gasteiger partial charge >= 0.3 is 5.97 Å². The summed E-state index contributed by atoms with van der Waals surface area (Å²) in [4.78, 5) is 29.9. The zero-order chi connectivity index (χ0) is 18.9. The number of cyclic esters (lactones) is 1. The molecular formula is C20H17N3O4. The van der Waals surface area contributed by atoms with Gasteiger partial charge in [0.1, 0.15) is 6.61 Å². The van der Waals surface area contributed by atoms with Crippen LogP contribution in [0.1, 0.15) is 30.0 Å². The fraction of sp³-hybridized carbons (Fsp3) is 0.250. The average molecular weight is 363 g/mol. The van der Waals surface area contributed by atoms with Gasteiger partial charge < -0.3 is 20.1 Å². The molecule has 1 aromatic carbocycles. The Morgan fingerprint density at radius 3 is 2.89 bits per heavy atom. The predicted octanol–water partition coefficient (Wildman–Crippen LogP) is 1.66. The molecule has 1 atom stereocenters. The van der Waals surface area contributed by atoms with Crippen LogP contribution in [0, 0.1) is 0 Å². The number of esters is 1. The van der Waals surface area contributed by atoms with E-state index >= 15 is 0 Å². The van der Waals surface area contributed by atoms with Gasteiger partial charge in [0.2, 0.25) is 0 Å². The highest BCUT2D eigenvalue weighted by atomic mass is 16.6. The summed E-state index contributed by atoms with van der Waals surface area (Å²) in [5.74, 6) is -0.723. The Balaban J connectivity index is 1.80. The fourth-order valence-electron chi connectivity index (χ4n) is 3.99. The number of rotatable bonds is 1. The fourth-order valence-corrected chi connectivity index (χ4v) is 3.99. The normalized spacial score (nSPS) is 20.1. The van der Waals surface area contributed by atoms with E-state index in [1.54, 1.807) is 23.6 Å². The number of nitrogens with zero attached hydrogens (tertiary/aromatic N) is 2. The van der Waals surface area contributed by atoms with Crippen molar-refractivity contribution in [2.45, 2.75) is 32.1 Å². The first-order valence-electron chi connectivity index (χ1n) is 8.78. The number of nitrogen functional groups attached to an aromatic ring is 1. The maximum Gasteiger partial charge on any atom is 0.343 e. The summed E-state index contributed by atoms with van der Waals surface area (Å²) >= 11 is 0. The van der Waals surface area contributed by atoms with Crippen LogP contribution in [0.15, 0.2) is 35.1 Å². The Kier molecular flexibility index (Phi) is 3.07. The van der Waals surface area contributed by atoms with Gasteiger partial charge in [-0.2, -0.15) is 0 Å². The molecule has 3 N–H and O–H groups in total. The summed E-state index contributed by atoms with van der Waals surface area (Å²) in [7, 11) is 0. The number of fused-ring (bicyclic) bond motifs is 5. The number of carbonyl (C=O) groups excluding carboxylic acids is 1. The molecule has 7 nitrogen and oxygen atoms in total. The lowest BCUT2D eigenvalue weighted by molar-refractivity contribution is -0.172. The number of benzene rings is 1. The van der Waals surface area contributed by atoms with Crippen LogP contribution in [-0.2, 0) is 28.3 Å². The molecule has 5 rings (SSSR count). The number of hydrogen-bond acceptors (Lipinski definition) is 6. The Labute approximate surface area is 154 Å². The third-order valence-electron chi connectivity index (χ3n) is 5.53. The molecular weight excluding hydrogens is 346 g/mol. The number of anilines is 1. The van der Waals surface area contributed by atoms with Crippen LogP contribution in [0.3, 0.4) is 0 Å². The molecule has 1 unspecified atom stereocenters. The van der Waals surface area contributed by atoms with E-state index in [0.29, 0.717) is 34.7 Å². The largest absolute Gasteiger partial charge is 0.458 e. The SMILES string of the molecule is CCC1(O)C(=O)OCc2c1cc1n(c2=O)Cc2cc3ccc(N)cc3nc2-1. The van der Waals surface area contributed by atoms with Crippen molar-refractivity contribution in [3.63, 3.8) is 0 Å². The van der Waals surface area contributed by atoms with Crippen LogP contribution in [0.4, 0.5) is 5.69 Å². The number of pyridine rings is 2. The van der Waals surface area contributed by atoms with Gasteiger partial charge in [-0.15, -0.1) is 0 Å². The van der Waals surface area contributed by atoms with Gasteiger partial charge in [0.15, 0.2) is 5.60 Å². The van der Waals surface area contributed by atoms with Crippen molar-refractivity contribution in [1.82, 2.24) is 9.55 Å². The summed E-state index contributed by atoms with van der Waals surface area (Å²) < 4.78 is 6.69. The highest BCUT2D eigenvalue weighted by molar-refractivity contribution is 5.87. The van der Waals surface area contributed by atoms with E-state index in [1.165, 1.54) is 0 Å². The summed E-state index contributed by atoms with van der Waals surface area (Å²) in [6, 6.07) is 9.20. The molecule has 2 aliphatic heterocycles.